The zero-order valence-corrected chi connectivity index (χ0v) is 20.6. The Bertz CT molecular complexity index is 1020. The Kier molecular flexibility index (Phi) is 8.41. The van der Waals surface area contributed by atoms with Crippen molar-refractivity contribution in [2.45, 2.75) is 77.7 Å². The van der Waals surface area contributed by atoms with Crippen LogP contribution in [-0.4, -0.2) is 46.4 Å². The molecule has 2 N–H and O–H groups in total. The number of aromatic nitrogens is 2. The van der Waals surface area contributed by atoms with Crippen molar-refractivity contribution in [1.82, 2.24) is 20.4 Å². The molecule has 0 saturated heterocycles. The van der Waals surface area contributed by atoms with E-state index in [1.165, 1.54) is 11.8 Å². The van der Waals surface area contributed by atoms with Gasteiger partial charge in [0.25, 0.3) is 0 Å². The van der Waals surface area contributed by atoms with Gasteiger partial charge in [0.2, 0.25) is 23.6 Å². The van der Waals surface area contributed by atoms with Gasteiger partial charge < -0.3 is 20.1 Å². The first kappa shape index (κ1) is 25.4. The number of aryl methyl sites for hydroxylation is 2. The smallest absolute Gasteiger partial charge is 0.243 e. The quantitative estimate of drug-likeness (QED) is 0.572. The molecule has 0 unspecified atom stereocenters. The van der Waals surface area contributed by atoms with Crippen LogP contribution in [0.5, 0.6) is 0 Å². The van der Waals surface area contributed by atoms with Crippen molar-refractivity contribution >= 4 is 23.4 Å². The largest absolute Gasteiger partial charge is 0.343 e. The average molecular weight is 470 g/mol. The van der Waals surface area contributed by atoms with Crippen molar-refractivity contribution in [3.63, 3.8) is 0 Å². The fourth-order valence-electron chi connectivity index (χ4n) is 4.41. The first-order chi connectivity index (χ1) is 16.2. The normalized spacial score (nSPS) is 15.3. The molecule has 1 heterocycles. The van der Waals surface area contributed by atoms with E-state index in [9.17, 15) is 14.4 Å². The van der Waals surface area contributed by atoms with Gasteiger partial charge in [-0.15, -0.1) is 0 Å². The molecule has 1 aromatic heterocycles. The highest BCUT2D eigenvalue weighted by Crippen LogP contribution is 2.34. The molecule has 1 aliphatic carbocycles. The standard InChI is InChI=1S/C25H35N5O4/c1-17-10-9-11-20(18(17)2)26-21(32)16-30(4)23(33)13-12-22-27-24(29-34-22)25(28-19(3)31)14-7-5-6-8-15-25/h9-11H,5-8,12-16H2,1-4H3,(H,26,32)(H,28,31). The van der Waals surface area contributed by atoms with E-state index in [2.05, 4.69) is 20.8 Å². The van der Waals surface area contributed by atoms with Crippen LogP contribution in [0.25, 0.3) is 0 Å². The highest BCUT2D eigenvalue weighted by Gasteiger charge is 2.38. The van der Waals surface area contributed by atoms with Gasteiger partial charge in [0.1, 0.15) is 5.54 Å². The summed E-state index contributed by atoms with van der Waals surface area (Å²) in [6.45, 7) is 5.38. The maximum Gasteiger partial charge on any atom is 0.243 e. The summed E-state index contributed by atoms with van der Waals surface area (Å²) < 4.78 is 5.42. The first-order valence-corrected chi connectivity index (χ1v) is 11.9. The Hall–Kier alpha value is -3.23. The lowest BCUT2D eigenvalue weighted by atomic mass is 9.89. The second-order valence-corrected chi connectivity index (χ2v) is 9.23. The summed E-state index contributed by atoms with van der Waals surface area (Å²) in [5.74, 6) is 0.264. The van der Waals surface area contributed by atoms with E-state index in [0.717, 1.165) is 55.3 Å². The van der Waals surface area contributed by atoms with E-state index in [1.807, 2.05) is 32.0 Å². The van der Waals surface area contributed by atoms with E-state index < -0.39 is 5.54 Å². The summed E-state index contributed by atoms with van der Waals surface area (Å²) in [6, 6.07) is 5.71. The maximum atomic E-state index is 12.6. The summed E-state index contributed by atoms with van der Waals surface area (Å²) in [7, 11) is 1.60. The van der Waals surface area contributed by atoms with Crippen LogP contribution in [0.2, 0.25) is 0 Å². The third kappa shape index (κ3) is 6.42. The lowest BCUT2D eigenvalue weighted by molar-refractivity contribution is -0.133. The molecule has 184 valence electrons. The van der Waals surface area contributed by atoms with Gasteiger partial charge in [-0.1, -0.05) is 43.0 Å². The van der Waals surface area contributed by atoms with Gasteiger partial charge in [-0.05, 0) is 43.9 Å². The number of benzene rings is 1. The third-order valence-corrected chi connectivity index (χ3v) is 6.51. The lowest BCUT2D eigenvalue weighted by Crippen LogP contribution is -2.45. The predicted octanol–water partition coefficient (Wildman–Crippen LogP) is 3.40. The number of hydrogen-bond donors (Lipinski definition) is 2. The average Bonchev–Trinajstić information content (AvgIpc) is 3.15. The predicted molar refractivity (Wildman–Crippen MR) is 128 cm³/mol. The molecule has 1 aromatic carbocycles. The fraction of sp³-hybridized carbons (Fsp3) is 0.560. The minimum atomic E-state index is -0.614. The molecule has 34 heavy (non-hydrogen) atoms. The molecule has 0 aliphatic heterocycles. The first-order valence-electron chi connectivity index (χ1n) is 11.9. The van der Waals surface area contributed by atoms with E-state index in [0.29, 0.717) is 11.7 Å². The van der Waals surface area contributed by atoms with Crippen molar-refractivity contribution < 1.29 is 18.9 Å². The number of likely N-dealkylation sites (N-methyl/N-ethyl adjacent to an activating group) is 1. The van der Waals surface area contributed by atoms with E-state index >= 15 is 0 Å². The number of hydrogen-bond acceptors (Lipinski definition) is 6. The van der Waals surface area contributed by atoms with Gasteiger partial charge >= 0.3 is 0 Å². The minimum absolute atomic E-state index is 0.0487. The zero-order valence-electron chi connectivity index (χ0n) is 20.6. The molecule has 1 saturated carbocycles. The molecule has 0 spiro atoms. The summed E-state index contributed by atoms with van der Waals surface area (Å²) in [5.41, 5.74) is 2.22. The van der Waals surface area contributed by atoms with Crippen LogP contribution in [0.15, 0.2) is 22.7 Å². The zero-order chi connectivity index (χ0) is 24.7. The van der Waals surface area contributed by atoms with E-state index in [4.69, 9.17) is 4.52 Å². The van der Waals surface area contributed by atoms with Crippen molar-refractivity contribution in [3.8, 4) is 0 Å². The number of carbonyl (C=O) groups excluding carboxylic acids is 3. The number of amides is 3. The van der Waals surface area contributed by atoms with Gasteiger partial charge in [0, 0.05) is 32.5 Å². The number of rotatable bonds is 8. The molecule has 2 aromatic rings. The number of anilines is 1. The third-order valence-electron chi connectivity index (χ3n) is 6.51. The van der Waals surface area contributed by atoms with Crippen LogP contribution >= 0.6 is 0 Å². The number of carbonyl (C=O) groups is 3. The van der Waals surface area contributed by atoms with Crippen LogP contribution < -0.4 is 10.6 Å². The summed E-state index contributed by atoms with van der Waals surface area (Å²) in [4.78, 5) is 42.8. The Morgan fingerprint density at radius 1 is 1.12 bits per heavy atom. The van der Waals surface area contributed by atoms with Crippen molar-refractivity contribution in [2.75, 3.05) is 18.9 Å². The number of nitrogens with one attached hydrogen (secondary N) is 2. The van der Waals surface area contributed by atoms with Crippen LogP contribution in [0.3, 0.4) is 0 Å². The summed E-state index contributed by atoms with van der Waals surface area (Å²) in [6.07, 6.45) is 6.14. The SMILES string of the molecule is CC(=O)NC1(c2noc(CCC(=O)N(C)CC(=O)Nc3cccc(C)c3C)n2)CCCCCC1. The van der Waals surface area contributed by atoms with Gasteiger partial charge in [-0.25, -0.2) is 0 Å². The molecule has 1 aliphatic rings. The van der Waals surface area contributed by atoms with Gasteiger partial charge in [-0.2, -0.15) is 4.98 Å². The van der Waals surface area contributed by atoms with Gasteiger partial charge in [0.15, 0.2) is 5.82 Å². The Morgan fingerprint density at radius 3 is 2.50 bits per heavy atom. The minimum Gasteiger partial charge on any atom is -0.343 e. The van der Waals surface area contributed by atoms with Gasteiger partial charge in [-0.3, -0.25) is 14.4 Å². The molecular weight excluding hydrogens is 434 g/mol. The molecule has 3 rings (SSSR count). The second-order valence-electron chi connectivity index (χ2n) is 9.23. The second kappa shape index (κ2) is 11.3. The maximum absolute atomic E-state index is 12.6. The fourth-order valence-corrected chi connectivity index (χ4v) is 4.41. The van der Waals surface area contributed by atoms with Gasteiger partial charge in [0.05, 0.1) is 6.54 Å². The van der Waals surface area contributed by atoms with Crippen molar-refractivity contribution in [3.05, 3.63) is 41.0 Å². The van der Waals surface area contributed by atoms with Crippen LogP contribution in [0, 0.1) is 13.8 Å². The summed E-state index contributed by atoms with van der Waals surface area (Å²) >= 11 is 0. The van der Waals surface area contributed by atoms with Crippen LogP contribution in [-0.2, 0) is 26.3 Å². The Balaban J connectivity index is 1.55. The lowest BCUT2D eigenvalue weighted by Gasteiger charge is -2.30. The highest BCUT2D eigenvalue weighted by atomic mass is 16.5. The van der Waals surface area contributed by atoms with Crippen molar-refractivity contribution in [1.29, 1.82) is 0 Å². The van der Waals surface area contributed by atoms with Crippen LogP contribution in [0.4, 0.5) is 5.69 Å². The monoisotopic (exact) mass is 469 g/mol. The molecule has 9 heteroatoms. The molecule has 0 bridgehead atoms. The van der Waals surface area contributed by atoms with Crippen molar-refractivity contribution in [2.24, 2.45) is 0 Å². The number of nitrogens with zero attached hydrogens (tertiary/aromatic N) is 3. The molecule has 9 nitrogen and oxygen atoms in total. The highest BCUT2D eigenvalue weighted by molar-refractivity contribution is 5.95. The molecular formula is C25H35N5O4. The van der Waals surface area contributed by atoms with Crippen LogP contribution in [0.1, 0.15) is 74.7 Å². The summed E-state index contributed by atoms with van der Waals surface area (Å²) in [5, 5.41) is 10.1. The molecule has 0 atom stereocenters. The Morgan fingerprint density at radius 2 is 1.82 bits per heavy atom. The molecule has 3 amide bonds. The molecule has 1 fully saturated rings. The van der Waals surface area contributed by atoms with E-state index in [1.54, 1.807) is 7.05 Å². The Labute approximate surface area is 200 Å². The topological polar surface area (TPSA) is 117 Å². The molecule has 0 radical (unpaired) electrons. The van der Waals surface area contributed by atoms with E-state index in [-0.39, 0.29) is 37.1 Å².